The molecule has 1 heterocycles. The first-order valence-corrected chi connectivity index (χ1v) is 4.21. The van der Waals surface area contributed by atoms with E-state index in [9.17, 15) is 9.59 Å². The molecule has 1 rings (SSSR count). The van der Waals surface area contributed by atoms with E-state index in [1.54, 1.807) is 6.92 Å². The number of rotatable bonds is 1. The van der Waals surface area contributed by atoms with E-state index in [0.717, 1.165) is 0 Å². The Labute approximate surface area is 67.1 Å². The van der Waals surface area contributed by atoms with Crippen LogP contribution in [0.1, 0.15) is 6.92 Å². The van der Waals surface area contributed by atoms with Crippen LogP contribution in [0.2, 0.25) is 0 Å². The highest BCUT2D eigenvalue weighted by Crippen LogP contribution is 2.07. The number of likely N-dealkylation sites (N-methyl/N-ethyl adjacent to an activating group) is 1. The fraction of sp³-hybridized carbons (Fsp3) is 0.333. The number of amides is 2. The summed E-state index contributed by atoms with van der Waals surface area (Å²) in [5, 5.41) is 0. The number of hydrogen-bond donors (Lipinski definition) is 0. The molecule has 0 saturated carbocycles. The third kappa shape index (κ3) is 1.01. The van der Waals surface area contributed by atoms with Crippen LogP contribution in [0, 0.1) is 0 Å². The SMILES string of the molecule is CCN1C(=O)C=[C]([AlH2])C1=O. The molecule has 0 atom stereocenters. The first kappa shape index (κ1) is 7.52. The van der Waals surface area contributed by atoms with Crippen LogP contribution in [0.25, 0.3) is 0 Å². The molecule has 0 aromatic carbocycles. The molecule has 0 fully saturated rings. The highest BCUT2D eigenvalue weighted by molar-refractivity contribution is 6.42. The molecule has 2 amide bonds. The second-order valence-electron chi connectivity index (χ2n) is 2.21. The second kappa shape index (κ2) is 2.57. The molecule has 1 aliphatic heterocycles. The quantitative estimate of drug-likeness (QED) is 0.354. The van der Waals surface area contributed by atoms with E-state index in [4.69, 9.17) is 0 Å². The van der Waals surface area contributed by atoms with Crippen molar-refractivity contribution in [3.8, 4) is 0 Å². The average molecular weight is 153 g/mol. The van der Waals surface area contributed by atoms with Gasteiger partial charge in [0.2, 0.25) is 5.91 Å². The van der Waals surface area contributed by atoms with Gasteiger partial charge in [-0.1, -0.05) is 4.44 Å². The van der Waals surface area contributed by atoms with Gasteiger partial charge in [0, 0.05) is 6.54 Å². The maximum atomic E-state index is 11.0. The Morgan fingerprint density at radius 1 is 1.60 bits per heavy atom. The van der Waals surface area contributed by atoms with E-state index < -0.39 is 0 Å². The molecule has 0 radical (unpaired) electrons. The molecule has 0 aromatic rings. The molecule has 1 aliphatic rings. The Hall–Kier alpha value is -0.588. The summed E-state index contributed by atoms with van der Waals surface area (Å²) in [6.45, 7) is 2.28. The van der Waals surface area contributed by atoms with Crippen LogP contribution in [0.5, 0.6) is 0 Å². The smallest absolute Gasteiger partial charge is 0.268 e. The topological polar surface area (TPSA) is 37.4 Å². The van der Waals surface area contributed by atoms with Gasteiger partial charge in [0.15, 0.2) is 0 Å². The lowest BCUT2D eigenvalue weighted by molar-refractivity contribution is -0.136. The summed E-state index contributed by atoms with van der Waals surface area (Å²) in [6, 6.07) is 0. The van der Waals surface area contributed by atoms with Crippen LogP contribution < -0.4 is 0 Å². The summed E-state index contributed by atoms with van der Waals surface area (Å²) in [6.07, 6.45) is 1.43. The first-order valence-electron chi connectivity index (χ1n) is 3.21. The Bertz CT molecular complexity index is 222. The van der Waals surface area contributed by atoms with Crippen LogP contribution >= 0.6 is 0 Å². The summed E-state index contributed by atoms with van der Waals surface area (Å²) in [5.41, 5.74) is 0. The maximum Gasteiger partial charge on any atom is 0.268 e. The molecule has 0 spiro atoms. The molecule has 0 aromatic heterocycles. The van der Waals surface area contributed by atoms with E-state index >= 15 is 0 Å². The van der Waals surface area contributed by atoms with E-state index in [2.05, 4.69) is 0 Å². The van der Waals surface area contributed by atoms with Gasteiger partial charge < -0.3 is 0 Å². The molecule has 10 heavy (non-hydrogen) atoms. The van der Waals surface area contributed by atoms with E-state index in [0.29, 0.717) is 27.3 Å². The summed E-state index contributed by atoms with van der Waals surface area (Å²) in [5.74, 6) is -0.253. The van der Waals surface area contributed by atoms with Gasteiger partial charge in [0.05, 0.1) is 0 Å². The number of carbonyl (C=O) groups excluding carboxylic acids is 2. The van der Waals surface area contributed by atoms with Crippen LogP contribution in [-0.2, 0) is 9.59 Å². The lowest BCUT2D eigenvalue weighted by atomic mass is 10.5. The normalized spacial score (nSPS) is 18.1. The van der Waals surface area contributed by atoms with Gasteiger partial charge in [-0.05, 0) is 13.0 Å². The monoisotopic (exact) mass is 153 g/mol. The fourth-order valence-corrected chi connectivity index (χ4v) is 1.45. The number of hydrogen-bond acceptors (Lipinski definition) is 2. The number of carbonyl (C=O) groups is 2. The molecule has 3 nitrogen and oxygen atoms in total. The first-order chi connectivity index (χ1) is 4.66. The van der Waals surface area contributed by atoms with Crippen molar-refractivity contribution < 1.29 is 9.59 Å². The van der Waals surface area contributed by atoms with E-state index in [1.807, 2.05) is 0 Å². The van der Waals surface area contributed by atoms with Crippen molar-refractivity contribution in [1.82, 2.24) is 4.90 Å². The van der Waals surface area contributed by atoms with Gasteiger partial charge in [-0.25, -0.2) is 0 Å². The third-order valence-corrected chi connectivity index (χ3v) is 2.22. The lowest BCUT2D eigenvalue weighted by Gasteiger charge is -2.09. The minimum Gasteiger partial charge on any atom is -0.277 e. The van der Waals surface area contributed by atoms with Crippen LogP contribution in [0.15, 0.2) is 10.5 Å². The molecular weight excluding hydrogens is 145 g/mol. The highest BCUT2D eigenvalue weighted by Gasteiger charge is 2.25. The molecule has 4 heteroatoms. The molecule has 0 bridgehead atoms. The van der Waals surface area contributed by atoms with Crippen molar-refractivity contribution in [3.05, 3.63) is 10.5 Å². The molecular formula is C6H8AlNO2. The standard InChI is InChI=1S/C6H6NO2.Al.2H/c1-2-7-5(8)3-4-6(7)9;;;/h3H,2H2,1H3;;;. The van der Waals surface area contributed by atoms with Crippen LogP contribution in [-0.4, -0.2) is 39.5 Å². The summed E-state index contributed by atoms with van der Waals surface area (Å²) in [7, 11) is 0. The second-order valence-corrected chi connectivity index (χ2v) is 3.29. The summed E-state index contributed by atoms with van der Waals surface area (Å²) in [4.78, 5) is 23.1. The Balaban J connectivity index is 2.87. The Morgan fingerprint density at radius 3 is 2.40 bits per heavy atom. The Kier molecular flexibility index (Phi) is 1.93. The minimum atomic E-state index is -0.155. The molecule has 52 valence electrons. The van der Waals surface area contributed by atoms with Crippen molar-refractivity contribution in [2.24, 2.45) is 0 Å². The summed E-state index contributed by atoms with van der Waals surface area (Å²) < 4.78 is 0.673. The number of imide groups is 1. The lowest BCUT2D eigenvalue weighted by Crippen LogP contribution is -2.30. The van der Waals surface area contributed by atoms with E-state index in [-0.39, 0.29) is 11.8 Å². The van der Waals surface area contributed by atoms with Gasteiger partial charge in [0.1, 0.15) is 0 Å². The average Bonchev–Trinajstić information content (AvgIpc) is 2.09. The van der Waals surface area contributed by atoms with Gasteiger partial charge in [-0.15, -0.1) is 0 Å². The van der Waals surface area contributed by atoms with Crippen LogP contribution in [0.3, 0.4) is 0 Å². The molecule has 0 unspecified atom stereocenters. The molecule has 0 N–H and O–H groups in total. The van der Waals surface area contributed by atoms with Crippen molar-refractivity contribution in [2.75, 3.05) is 6.54 Å². The molecule has 0 aliphatic carbocycles. The highest BCUT2D eigenvalue weighted by atomic mass is 27.0. The van der Waals surface area contributed by atoms with Crippen molar-refractivity contribution in [1.29, 1.82) is 0 Å². The van der Waals surface area contributed by atoms with Crippen molar-refractivity contribution in [2.45, 2.75) is 6.92 Å². The minimum absolute atomic E-state index is 0.0980. The number of nitrogens with zero attached hydrogens (tertiary/aromatic N) is 1. The summed E-state index contributed by atoms with van der Waals surface area (Å²) >= 11 is 0.667. The van der Waals surface area contributed by atoms with Gasteiger partial charge >= 0.3 is 0 Å². The van der Waals surface area contributed by atoms with Gasteiger partial charge in [-0.2, -0.15) is 0 Å². The van der Waals surface area contributed by atoms with Crippen molar-refractivity contribution >= 4 is 28.1 Å². The van der Waals surface area contributed by atoms with Gasteiger partial charge in [0.25, 0.3) is 22.2 Å². The van der Waals surface area contributed by atoms with Crippen molar-refractivity contribution in [3.63, 3.8) is 0 Å². The molecule has 0 saturated heterocycles. The fourth-order valence-electron chi connectivity index (χ4n) is 0.937. The van der Waals surface area contributed by atoms with Crippen LogP contribution in [0.4, 0.5) is 0 Å². The zero-order chi connectivity index (χ0) is 7.72. The van der Waals surface area contributed by atoms with Gasteiger partial charge in [-0.3, -0.25) is 14.5 Å². The zero-order valence-corrected chi connectivity index (χ0v) is 8.05. The zero-order valence-electron chi connectivity index (χ0n) is 6.05. The predicted octanol–water partition coefficient (Wildman–Crippen LogP) is -1.11. The maximum absolute atomic E-state index is 11.0. The largest absolute Gasteiger partial charge is 0.277 e. The third-order valence-electron chi connectivity index (χ3n) is 1.50. The van der Waals surface area contributed by atoms with E-state index in [1.165, 1.54) is 11.0 Å². The Morgan fingerprint density at radius 2 is 2.20 bits per heavy atom. The predicted molar refractivity (Wildman–Crippen MR) is 39.0 cm³/mol.